The molecule has 0 saturated heterocycles. The van der Waals surface area contributed by atoms with Gasteiger partial charge in [-0.2, -0.15) is 0 Å². The van der Waals surface area contributed by atoms with Gasteiger partial charge in [-0.25, -0.2) is 0 Å². The van der Waals surface area contributed by atoms with Crippen molar-refractivity contribution in [2.45, 2.75) is 44.0 Å². The van der Waals surface area contributed by atoms with Crippen LogP contribution in [0.4, 0.5) is 0 Å². The van der Waals surface area contributed by atoms with Crippen molar-refractivity contribution in [1.82, 2.24) is 0 Å². The predicted octanol–water partition coefficient (Wildman–Crippen LogP) is 2.93. The Labute approximate surface area is 110 Å². The van der Waals surface area contributed by atoms with Crippen molar-refractivity contribution in [2.75, 3.05) is 6.61 Å². The molecule has 0 aliphatic heterocycles. The van der Waals surface area contributed by atoms with Crippen LogP contribution in [0.3, 0.4) is 0 Å². The average Bonchev–Trinajstić information content (AvgIpc) is 2.48. The van der Waals surface area contributed by atoms with Crippen LogP contribution >= 0.6 is 0 Å². The Morgan fingerprint density at radius 1 is 1.33 bits per heavy atom. The van der Waals surface area contributed by atoms with Gasteiger partial charge in [-0.3, -0.25) is 0 Å². The molecule has 0 heterocycles. The summed E-state index contributed by atoms with van der Waals surface area (Å²) in [6.45, 7) is 7.06. The van der Waals surface area contributed by atoms with Crippen LogP contribution in [0, 0.1) is 5.92 Å². The maximum atomic E-state index is 9.53. The molecule has 1 fully saturated rings. The van der Waals surface area contributed by atoms with Crippen LogP contribution in [-0.2, 0) is 10.8 Å². The lowest BCUT2D eigenvalue weighted by Gasteiger charge is -2.53. The van der Waals surface area contributed by atoms with E-state index in [0.29, 0.717) is 11.8 Å². The maximum Gasteiger partial charge on any atom is 0.184 e. The first-order valence-corrected chi connectivity index (χ1v) is 10.2. The molecule has 0 amide bonds. The van der Waals surface area contributed by atoms with Gasteiger partial charge >= 0.3 is 0 Å². The normalized spacial score (nSPS) is 33.8. The first-order chi connectivity index (χ1) is 8.45. The Balaban J connectivity index is 1.95. The molecule has 98 valence electrons. The summed E-state index contributed by atoms with van der Waals surface area (Å²) in [5.41, 5.74) is 2.85. The summed E-state index contributed by atoms with van der Waals surface area (Å²) in [5.74, 6) is 0.815. The van der Waals surface area contributed by atoms with Crippen molar-refractivity contribution >= 4 is 8.32 Å². The molecule has 1 aromatic rings. The van der Waals surface area contributed by atoms with E-state index in [1.54, 1.807) is 0 Å². The van der Waals surface area contributed by atoms with Gasteiger partial charge in [0.25, 0.3) is 0 Å². The SMILES string of the molecule is C[Si](C)(C)O[C@]12Cc3ccccc3[C@H]1[C@H](CO)C2. The molecule has 2 aliphatic carbocycles. The van der Waals surface area contributed by atoms with Crippen LogP contribution in [0.25, 0.3) is 0 Å². The van der Waals surface area contributed by atoms with E-state index in [1.807, 2.05) is 0 Å². The van der Waals surface area contributed by atoms with Crippen LogP contribution in [0.5, 0.6) is 0 Å². The minimum Gasteiger partial charge on any atom is -0.411 e. The first kappa shape index (κ1) is 12.4. The highest BCUT2D eigenvalue weighted by Gasteiger charge is 2.60. The van der Waals surface area contributed by atoms with Gasteiger partial charge in [-0.1, -0.05) is 24.3 Å². The summed E-state index contributed by atoms with van der Waals surface area (Å²) in [4.78, 5) is 0. The largest absolute Gasteiger partial charge is 0.411 e. The highest BCUT2D eigenvalue weighted by atomic mass is 28.4. The van der Waals surface area contributed by atoms with Gasteiger partial charge in [0.05, 0.1) is 5.60 Å². The number of rotatable bonds is 3. The fourth-order valence-corrected chi connectivity index (χ4v) is 5.42. The van der Waals surface area contributed by atoms with Crippen LogP contribution in [-0.4, -0.2) is 25.6 Å². The number of fused-ring (bicyclic) bond motifs is 3. The summed E-state index contributed by atoms with van der Waals surface area (Å²) in [5, 5.41) is 9.53. The zero-order valence-electron chi connectivity index (χ0n) is 11.4. The van der Waals surface area contributed by atoms with E-state index in [0.717, 1.165) is 12.8 Å². The van der Waals surface area contributed by atoms with Gasteiger partial charge in [0.15, 0.2) is 8.32 Å². The van der Waals surface area contributed by atoms with Crippen molar-refractivity contribution in [3.63, 3.8) is 0 Å². The van der Waals surface area contributed by atoms with E-state index in [-0.39, 0.29) is 12.2 Å². The number of benzene rings is 1. The van der Waals surface area contributed by atoms with Gasteiger partial charge in [-0.15, -0.1) is 0 Å². The predicted molar refractivity (Wildman–Crippen MR) is 75.2 cm³/mol. The third-order valence-electron chi connectivity index (χ3n) is 4.27. The standard InChI is InChI=1S/C15H22O2Si/c1-18(2,3)17-15-8-11-6-4-5-7-13(11)14(15)12(9-15)10-16/h4-7,12,14,16H,8-10H2,1-3H3/t12-,14+,15-/m0/s1. The van der Waals surface area contributed by atoms with Crippen LogP contribution in [0.1, 0.15) is 23.5 Å². The van der Waals surface area contributed by atoms with Gasteiger partial charge in [0, 0.05) is 18.9 Å². The quantitative estimate of drug-likeness (QED) is 0.849. The van der Waals surface area contributed by atoms with E-state index in [1.165, 1.54) is 11.1 Å². The minimum absolute atomic E-state index is 0.00154. The van der Waals surface area contributed by atoms with E-state index in [2.05, 4.69) is 43.9 Å². The van der Waals surface area contributed by atoms with Crippen molar-refractivity contribution in [1.29, 1.82) is 0 Å². The van der Waals surface area contributed by atoms with Gasteiger partial charge < -0.3 is 9.53 Å². The smallest absolute Gasteiger partial charge is 0.184 e. The molecule has 1 saturated carbocycles. The Hall–Kier alpha value is -0.643. The third-order valence-corrected chi connectivity index (χ3v) is 5.29. The summed E-state index contributed by atoms with van der Waals surface area (Å²) in [6, 6.07) is 8.66. The van der Waals surface area contributed by atoms with Crippen LogP contribution in [0.15, 0.2) is 24.3 Å². The number of aliphatic hydroxyl groups excluding tert-OH is 1. The lowest BCUT2D eigenvalue weighted by atomic mass is 9.62. The van der Waals surface area contributed by atoms with E-state index < -0.39 is 8.32 Å². The van der Waals surface area contributed by atoms with Crippen molar-refractivity contribution < 1.29 is 9.53 Å². The highest BCUT2D eigenvalue weighted by Crippen LogP contribution is 2.60. The topological polar surface area (TPSA) is 29.5 Å². The molecular formula is C15H22O2Si. The minimum atomic E-state index is -1.55. The Bertz CT molecular complexity index is 466. The molecule has 0 spiro atoms. The van der Waals surface area contributed by atoms with Gasteiger partial charge in [0.1, 0.15) is 0 Å². The fourth-order valence-electron chi connectivity index (χ4n) is 3.92. The molecule has 0 radical (unpaired) electrons. The van der Waals surface area contributed by atoms with Crippen molar-refractivity contribution in [3.8, 4) is 0 Å². The zero-order chi connectivity index (χ0) is 13.0. The number of hydrogen-bond donors (Lipinski definition) is 1. The monoisotopic (exact) mass is 262 g/mol. The second-order valence-corrected chi connectivity index (χ2v) is 11.2. The molecular weight excluding hydrogens is 240 g/mol. The third kappa shape index (κ3) is 1.76. The lowest BCUT2D eigenvalue weighted by Crippen LogP contribution is -2.57. The number of hydrogen-bond acceptors (Lipinski definition) is 2. The summed E-state index contributed by atoms with van der Waals surface area (Å²) in [6.07, 6.45) is 2.06. The summed E-state index contributed by atoms with van der Waals surface area (Å²) < 4.78 is 6.53. The van der Waals surface area contributed by atoms with Crippen LogP contribution in [0.2, 0.25) is 19.6 Å². The Morgan fingerprint density at radius 2 is 2.06 bits per heavy atom. The molecule has 0 bridgehead atoms. The molecule has 3 heteroatoms. The molecule has 2 nitrogen and oxygen atoms in total. The van der Waals surface area contributed by atoms with Crippen LogP contribution < -0.4 is 0 Å². The van der Waals surface area contributed by atoms with Gasteiger partial charge in [0.2, 0.25) is 0 Å². The van der Waals surface area contributed by atoms with Crippen molar-refractivity contribution in [2.24, 2.45) is 5.92 Å². The Kier molecular flexibility index (Phi) is 2.70. The fraction of sp³-hybridized carbons (Fsp3) is 0.600. The molecule has 0 aromatic heterocycles. The van der Waals surface area contributed by atoms with E-state index in [9.17, 15) is 5.11 Å². The summed E-state index contributed by atoms with van der Waals surface area (Å²) >= 11 is 0. The molecule has 3 rings (SSSR count). The second kappa shape index (κ2) is 3.92. The van der Waals surface area contributed by atoms with Gasteiger partial charge in [-0.05, 0) is 43.1 Å². The lowest BCUT2D eigenvalue weighted by molar-refractivity contribution is -0.0870. The average molecular weight is 262 g/mol. The van der Waals surface area contributed by atoms with Crippen molar-refractivity contribution in [3.05, 3.63) is 35.4 Å². The molecule has 1 N–H and O–H groups in total. The molecule has 0 unspecified atom stereocenters. The second-order valence-electron chi connectivity index (χ2n) is 6.78. The summed E-state index contributed by atoms with van der Waals surface area (Å²) in [7, 11) is -1.55. The number of aliphatic hydroxyl groups is 1. The Morgan fingerprint density at radius 3 is 2.72 bits per heavy atom. The first-order valence-electron chi connectivity index (χ1n) is 6.84. The highest BCUT2D eigenvalue weighted by molar-refractivity contribution is 6.69. The molecule has 1 aromatic carbocycles. The van der Waals surface area contributed by atoms with E-state index in [4.69, 9.17) is 4.43 Å². The maximum absolute atomic E-state index is 9.53. The van der Waals surface area contributed by atoms with E-state index >= 15 is 0 Å². The molecule has 18 heavy (non-hydrogen) atoms. The molecule has 3 atom stereocenters. The molecule has 2 aliphatic rings. The zero-order valence-corrected chi connectivity index (χ0v) is 12.4.